The van der Waals surface area contributed by atoms with Crippen LogP contribution in [-0.4, -0.2) is 197 Å². The highest BCUT2D eigenvalue weighted by atomic mass is 35.5. The van der Waals surface area contributed by atoms with Gasteiger partial charge in [-0.05, 0) is 248 Å². The van der Waals surface area contributed by atoms with E-state index in [4.69, 9.17) is 32.7 Å². The van der Waals surface area contributed by atoms with E-state index in [1.54, 1.807) is 26.0 Å². The zero-order valence-corrected chi connectivity index (χ0v) is 64.6. The van der Waals surface area contributed by atoms with Gasteiger partial charge in [-0.3, -0.25) is 29.2 Å². The fourth-order valence-electron chi connectivity index (χ4n) is 20.5. The summed E-state index contributed by atoms with van der Waals surface area (Å²) in [6.07, 6.45) is 26.3. The third kappa shape index (κ3) is 15.0. The Hall–Kier alpha value is -5.26. The number of benzene rings is 4. The Balaban J connectivity index is 0.000000167. The Kier molecular flexibility index (Phi) is 21.4. The van der Waals surface area contributed by atoms with E-state index in [1.165, 1.54) is 73.9 Å². The largest absolute Gasteiger partial charge is 0.490 e. The molecule has 2 saturated carbocycles. The van der Waals surface area contributed by atoms with Crippen molar-refractivity contribution in [2.45, 2.75) is 188 Å². The van der Waals surface area contributed by atoms with Crippen molar-refractivity contribution in [3.8, 4) is 11.5 Å². The van der Waals surface area contributed by atoms with E-state index in [2.05, 4.69) is 63.1 Å². The lowest BCUT2D eigenvalue weighted by Crippen LogP contribution is -2.60. The molecule has 22 heteroatoms. The molecule has 104 heavy (non-hydrogen) atoms. The topological polar surface area (TPSA) is 205 Å². The van der Waals surface area contributed by atoms with Crippen molar-refractivity contribution in [1.29, 1.82) is 0 Å². The summed E-state index contributed by atoms with van der Waals surface area (Å²) in [5.74, 6) is 0.144. The first-order valence-electron chi connectivity index (χ1n) is 39.3. The maximum absolute atomic E-state index is 13.6. The lowest BCUT2D eigenvalue weighted by Gasteiger charge is -2.52. The maximum atomic E-state index is 13.6. The number of sulfonamides is 2. The minimum absolute atomic E-state index is 0.0463. The number of nitrogens with zero attached hydrogens (tertiary/aromatic N) is 6. The number of ether oxygens (including phenoxy) is 2. The van der Waals surface area contributed by atoms with Crippen LogP contribution in [0.3, 0.4) is 0 Å². The SMILES string of the molecule is C[C@@H]1[C@@H](C)C/C=C/[C@@](O)(CN2CCN3CCCC[C@@H]3C2)[C@@H]2CC[C@H]2CN2C[C@@]3(CCCc4cc(Cl)ccc43)COc3ccc(cc32)C(=O)NS1(=O)=O.C[C@@H]1[C@@H](C)C/C=C/[C@](O)(CN2CCN3CCCC[C@@H]3C2)[C@@H]2CC[C@H]2CN2C[C@@]3(CCCc4cc(Cl)ccc43)COc3ccc(cc32)C(=O)NS1(=O)=O. The van der Waals surface area contributed by atoms with Crippen molar-refractivity contribution in [3.05, 3.63) is 141 Å². The van der Waals surface area contributed by atoms with E-state index in [0.717, 1.165) is 125 Å². The van der Waals surface area contributed by atoms with Crippen LogP contribution in [0.1, 0.15) is 173 Å². The zero-order valence-electron chi connectivity index (χ0n) is 61.5. The van der Waals surface area contributed by atoms with Crippen LogP contribution in [0.5, 0.6) is 11.5 Å². The molecule has 4 aliphatic carbocycles. The van der Waals surface area contributed by atoms with E-state index >= 15 is 0 Å². The number of rotatable bonds is 4. The molecular weight excluding hydrogens is 1390 g/mol. The Morgan fingerprint density at radius 2 is 0.942 bits per heavy atom. The summed E-state index contributed by atoms with van der Waals surface area (Å²) in [5, 5.41) is 25.6. The van der Waals surface area contributed by atoms with Gasteiger partial charge in [0, 0.05) is 123 Å². The smallest absolute Gasteiger partial charge is 0.264 e. The molecule has 2 spiro atoms. The Morgan fingerprint density at radius 3 is 1.36 bits per heavy atom. The van der Waals surface area contributed by atoms with E-state index in [0.29, 0.717) is 88.9 Å². The number of hydrogen-bond donors (Lipinski definition) is 4. The van der Waals surface area contributed by atoms with Crippen molar-refractivity contribution < 1.29 is 46.1 Å². The monoisotopic (exact) mass is 1500 g/mol. The number of nitrogens with one attached hydrogen (secondary N) is 2. The minimum atomic E-state index is -3.97. The summed E-state index contributed by atoms with van der Waals surface area (Å²) in [7, 11) is -7.95. The molecule has 6 fully saturated rings. The summed E-state index contributed by atoms with van der Waals surface area (Å²) in [5.41, 5.74) is 4.56. The molecule has 16 rings (SSSR count). The molecule has 4 bridgehead atoms. The number of carbonyl (C=O) groups excluding carboxylic acids is 2. The van der Waals surface area contributed by atoms with Gasteiger partial charge in [0.1, 0.15) is 11.5 Å². The van der Waals surface area contributed by atoms with Crippen LogP contribution >= 0.6 is 23.2 Å². The van der Waals surface area contributed by atoms with Crippen molar-refractivity contribution in [2.75, 3.05) is 115 Å². The molecule has 0 aromatic heterocycles. The van der Waals surface area contributed by atoms with Crippen LogP contribution in [0, 0.1) is 35.5 Å². The first kappa shape index (κ1) is 74.2. The lowest BCUT2D eigenvalue weighted by atomic mass is 9.63. The number of piperidine rings is 2. The average molecular weight is 1500 g/mol. The number of fused-ring (bicyclic) bond motifs is 10. The molecule has 18 nitrogen and oxygen atoms in total. The summed E-state index contributed by atoms with van der Waals surface area (Å²) < 4.78 is 72.3. The number of aliphatic hydroxyl groups is 2. The van der Waals surface area contributed by atoms with Crippen LogP contribution in [-0.2, 0) is 43.7 Å². The first-order valence-corrected chi connectivity index (χ1v) is 43.2. The number of halogens is 2. The van der Waals surface area contributed by atoms with E-state index in [1.807, 2.05) is 74.5 Å². The van der Waals surface area contributed by atoms with Crippen molar-refractivity contribution in [2.24, 2.45) is 35.5 Å². The summed E-state index contributed by atoms with van der Waals surface area (Å²) in [6.45, 7) is 20.3. The van der Waals surface area contributed by atoms with Gasteiger partial charge < -0.3 is 29.5 Å². The quantitative estimate of drug-likeness (QED) is 0.140. The van der Waals surface area contributed by atoms with Gasteiger partial charge in [-0.15, -0.1) is 0 Å². The molecular formula is C82H110Cl2N8O10S2. The fourth-order valence-corrected chi connectivity index (χ4v) is 23.5. The van der Waals surface area contributed by atoms with E-state index in [9.17, 15) is 36.6 Å². The molecule has 8 heterocycles. The van der Waals surface area contributed by atoms with Crippen LogP contribution in [0.15, 0.2) is 97.1 Å². The number of aryl methyl sites for hydroxylation is 2. The van der Waals surface area contributed by atoms with Gasteiger partial charge in [-0.25, -0.2) is 26.3 Å². The zero-order chi connectivity index (χ0) is 72.5. The van der Waals surface area contributed by atoms with Gasteiger partial charge in [-0.2, -0.15) is 0 Å². The predicted octanol–water partition coefficient (Wildman–Crippen LogP) is 11.6. The standard InChI is InChI=1S/2C41H55ClN4O5S/c2*1-28-7-5-17-41(48,26-44-19-20-45-18-4-3-9-34(45)24-44)36-13-10-32(36)23-46-25-40(16-6-8-30-21-33(42)12-14-35(30)40)27-51-38-15-11-31(22-37(38)46)39(47)43-52(49,50)29(28)2/h2*5,11-12,14-15,17,21-22,28-29,32,34,36,48H,3-4,6-10,13,16,18-20,23-27H2,1-2H3,(H,43,47)/b2*17-5+/t28-,29+,32-,34+,36+,40-,41+;28-,29+,32-,34+,36+,40-,41-/m00/s1. The Bertz CT molecular complexity index is 3900. The highest BCUT2D eigenvalue weighted by Crippen LogP contribution is 2.52. The normalized spacial score (nSPS) is 35.9. The fraction of sp³-hybridized carbons (Fsp3) is 0.634. The first-order chi connectivity index (χ1) is 49.9. The van der Waals surface area contributed by atoms with Gasteiger partial charge in [0.2, 0.25) is 20.0 Å². The third-order valence-electron chi connectivity index (χ3n) is 27.3. The minimum Gasteiger partial charge on any atom is -0.490 e. The van der Waals surface area contributed by atoms with Crippen LogP contribution < -0.4 is 28.7 Å². The lowest BCUT2D eigenvalue weighted by molar-refractivity contribution is -0.0768. The number of amides is 2. The van der Waals surface area contributed by atoms with Gasteiger partial charge >= 0.3 is 0 Å². The predicted molar refractivity (Wildman–Crippen MR) is 412 cm³/mol. The number of hydrogen-bond acceptors (Lipinski definition) is 16. The Labute approximate surface area is 627 Å². The highest BCUT2D eigenvalue weighted by Gasteiger charge is 2.52. The van der Waals surface area contributed by atoms with Crippen molar-refractivity contribution in [1.82, 2.24) is 29.0 Å². The molecule has 4 saturated heterocycles. The van der Waals surface area contributed by atoms with Crippen LogP contribution in [0.4, 0.5) is 11.4 Å². The maximum Gasteiger partial charge on any atom is 0.264 e. The van der Waals surface area contributed by atoms with Crippen molar-refractivity contribution in [3.63, 3.8) is 0 Å². The molecule has 12 aliphatic rings. The van der Waals surface area contributed by atoms with Gasteiger partial charge in [-0.1, -0.05) is 86.3 Å². The molecule has 4 aromatic rings. The number of carbonyl (C=O) groups is 2. The number of β-amino-alcohol motifs (C(OH)–C–C–N with tert-alkyl or cyclic N) is 2. The number of allylic oxidation sites excluding steroid dienone is 2. The number of anilines is 2. The molecule has 2 amide bonds. The van der Waals surface area contributed by atoms with Crippen molar-refractivity contribution >= 4 is 66.4 Å². The van der Waals surface area contributed by atoms with E-state index in [-0.39, 0.29) is 57.5 Å². The third-order valence-corrected chi connectivity index (χ3v) is 31.6. The average Bonchev–Trinajstić information content (AvgIpc) is 1.44. The second-order valence-corrected chi connectivity index (χ2v) is 38.8. The molecule has 0 unspecified atom stereocenters. The summed E-state index contributed by atoms with van der Waals surface area (Å²) >= 11 is 13.0. The molecule has 564 valence electrons. The highest BCUT2D eigenvalue weighted by molar-refractivity contribution is 7.91. The second-order valence-electron chi connectivity index (χ2n) is 33.9. The van der Waals surface area contributed by atoms with Crippen LogP contribution in [0.2, 0.25) is 10.0 Å². The molecule has 14 atom stereocenters. The Morgan fingerprint density at radius 1 is 0.510 bits per heavy atom. The molecule has 8 aliphatic heterocycles. The number of piperazine rings is 2. The molecule has 4 aromatic carbocycles. The van der Waals surface area contributed by atoms with Gasteiger partial charge in [0.05, 0.1) is 46.3 Å². The van der Waals surface area contributed by atoms with Gasteiger partial charge in [0.25, 0.3) is 11.8 Å². The van der Waals surface area contributed by atoms with E-state index < -0.39 is 53.6 Å². The molecule has 0 radical (unpaired) electrons. The summed E-state index contributed by atoms with van der Waals surface area (Å²) in [4.78, 5) is 42.2. The molecule has 4 N–H and O–H groups in total. The summed E-state index contributed by atoms with van der Waals surface area (Å²) in [6, 6.07) is 24.2. The van der Waals surface area contributed by atoms with Crippen LogP contribution in [0.25, 0.3) is 0 Å². The van der Waals surface area contributed by atoms with Gasteiger partial charge in [0.15, 0.2) is 0 Å². The second kappa shape index (κ2) is 30.0.